The SMILES string of the molecule is CCCCOC(=O)N[C@@H](Cc1ccc(CCCc2ccc3c(n2)NCCC3)cn1)C(=O)O. The molecule has 3 rings (SSSR count). The number of pyridine rings is 2. The number of hydrogen-bond acceptors (Lipinski definition) is 6. The van der Waals surface area contributed by atoms with E-state index in [0.717, 1.165) is 68.6 Å². The van der Waals surface area contributed by atoms with Gasteiger partial charge >= 0.3 is 12.1 Å². The maximum Gasteiger partial charge on any atom is 0.407 e. The Labute approximate surface area is 188 Å². The third-order valence-electron chi connectivity index (χ3n) is 5.47. The highest BCUT2D eigenvalue weighted by Crippen LogP contribution is 2.20. The van der Waals surface area contributed by atoms with Crippen molar-refractivity contribution in [2.45, 2.75) is 64.3 Å². The molecule has 0 aliphatic carbocycles. The number of aromatic nitrogens is 2. The van der Waals surface area contributed by atoms with Gasteiger partial charge in [0, 0.05) is 30.6 Å². The van der Waals surface area contributed by atoms with Crippen molar-refractivity contribution in [3.63, 3.8) is 0 Å². The standard InChI is InChI=1S/C24H32N4O4/c1-2-3-14-32-24(31)28-21(23(29)30)15-20-11-9-17(16-26-20)6-4-8-19-12-10-18-7-5-13-25-22(18)27-19/h9-12,16,21H,2-8,13-15H2,1H3,(H,25,27)(H,28,31)(H,29,30)/t21-/m0/s1. The molecule has 8 nitrogen and oxygen atoms in total. The molecule has 3 heterocycles. The number of unbranched alkanes of at least 4 members (excludes halogenated alkanes) is 1. The fourth-order valence-corrected chi connectivity index (χ4v) is 3.61. The second kappa shape index (κ2) is 12.0. The van der Waals surface area contributed by atoms with Gasteiger partial charge in [0.2, 0.25) is 0 Å². The van der Waals surface area contributed by atoms with Crippen molar-refractivity contribution in [3.8, 4) is 0 Å². The summed E-state index contributed by atoms with van der Waals surface area (Å²) in [6.45, 7) is 3.25. The quantitative estimate of drug-likeness (QED) is 0.458. The Hall–Kier alpha value is -3.16. The number of alkyl carbamates (subject to hydrolysis) is 1. The van der Waals surface area contributed by atoms with Crippen LogP contribution in [0.3, 0.4) is 0 Å². The first kappa shape index (κ1) is 23.5. The van der Waals surface area contributed by atoms with Crippen molar-refractivity contribution < 1.29 is 19.4 Å². The third-order valence-corrected chi connectivity index (χ3v) is 5.47. The molecule has 1 amide bonds. The summed E-state index contributed by atoms with van der Waals surface area (Å²) in [5.41, 5.74) is 4.08. The normalized spacial score (nSPS) is 13.5. The van der Waals surface area contributed by atoms with Gasteiger partial charge in [0.15, 0.2) is 0 Å². The van der Waals surface area contributed by atoms with Gasteiger partial charge in [0.05, 0.1) is 6.61 Å². The number of amides is 1. The molecular formula is C24H32N4O4. The van der Waals surface area contributed by atoms with Gasteiger partial charge in [-0.2, -0.15) is 0 Å². The number of carbonyl (C=O) groups is 2. The molecule has 172 valence electrons. The summed E-state index contributed by atoms with van der Waals surface area (Å²) < 4.78 is 4.99. The number of carboxylic acid groups (broad SMARTS) is 1. The summed E-state index contributed by atoms with van der Waals surface area (Å²) in [7, 11) is 0. The fourth-order valence-electron chi connectivity index (χ4n) is 3.61. The first-order valence-corrected chi connectivity index (χ1v) is 11.4. The van der Waals surface area contributed by atoms with Crippen LogP contribution in [-0.2, 0) is 35.2 Å². The Balaban J connectivity index is 1.46. The molecule has 2 aromatic rings. The minimum absolute atomic E-state index is 0.102. The van der Waals surface area contributed by atoms with Crippen molar-refractivity contribution in [2.75, 3.05) is 18.5 Å². The highest BCUT2D eigenvalue weighted by atomic mass is 16.5. The summed E-state index contributed by atoms with van der Waals surface area (Å²) in [6.07, 6.45) is 7.76. The molecule has 1 aliphatic rings. The molecule has 1 atom stereocenters. The minimum Gasteiger partial charge on any atom is -0.480 e. The lowest BCUT2D eigenvalue weighted by Crippen LogP contribution is -2.42. The lowest BCUT2D eigenvalue weighted by molar-refractivity contribution is -0.139. The van der Waals surface area contributed by atoms with Crippen LogP contribution in [0.25, 0.3) is 0 Å². The van der Waals surface area contributed by atoms with Crippen LogP contribution in [0.15, 0.2) is 30.5 Å². The fraction of sp³-hybridized carbons (Fsp3) is 0.500. The summed E-state index contributed by atoms with van der Waals surface area (Å²) in [5, 5.41) is 15.2. The summed E-state index contributed by atoms with van der Waals surface area (Å²) in [4.78, 5) is 32.4. The molecule has 0 unspecified atom stereocenters. The lowest BCUT2D eigenvalue weighted by atomic mass is 10.0. The third kappa shape index (κ3) is 7.21. The van der Waals surface area contributed by atoms with Crippen LogP contribution >= 0.6 is 0 Å². The molecule has 0 saturated carbocycles. The van der Waals surface area contributed by atoms with Crippen molar-refractivity contribution in [1.29, 1.82) is 0 Å². The van der Waals surface area contributed by atoms with Gasteiger partial charge in [-0.05, 0) is 61.8 Å². The topological polar surface area (TPSA) is 113 Å². The lowest BCUT2D eigenvalue weighted by Gasteiger charge is -2.17. The Morgan fingerprint density at radius 1 is 1.19 bits per heavy atom. The summed E-state index contributed by atoms with van der Waals surface area (Å²) in [5.74, 6) is -0.0917. The molecule has 32 heavy (non-hydrogen) atoms. The largest absolute Gasteiger partial charge is 0.480 e. The number of rotatable bonds is 11. The zero-order chi connectivity index (χ0) is 22.8. The second-order valence-electron chi connectivity index (χ2n) is 8.08. The predicted molar refractivity (Wildman–Crippen MR) is 122 cm³/mol. The van der Waals surface area contributed by atoms with E-state index in [9.17, 15) is 14.7 Å². The van der Waals surface area contributed by atoms with Gasteiger partial charge < -0.3 is 20.5 Å². The van der Waals surface area contributed by atoms with E-state index in [1.165, 1.54) is 5.56 Å². The first-order valence-electron chi connectivity index (χ1n) is 11.4. The predicted octanol–water partition coefficient (Wildman–Crippen LogP) is 3.53. The molecule has 1 aliphatic heterocycles. The van der Waals surface area contributed by atoms with Crippen LogP contribution in [0.5, 0.6) is 0 Å². The minimum atomic E-state index is -1.12. The Bertz CT molecular complexity index is 901. The number of anilines is 1. The van der Waals surface area contributed by atoms with Gasteiger partial charge in [0.25, 0.3) is 0 Å². The molecule has 0 aromatic carbocycles. The number of nitrogens with one attached hydrogen (secondary N) is 2. The van der Waals surface area contributed by atoms with E-state index in [1.807, 2.05) is 19.1 Å². The zero-order valence-corrected chi connectivity index (χ0v) is 18.6. The smallest absolute Gasteiger partial charge is 0.407 e. The van der Waals surface area contributed by atoms with E-state index in [2.05, 4.69) is 27.8 Å². The average molecular weight is 441 g/mol. The van der Waals surface area contributed by atoms with E-state index in [4.69, 9.17) is 9.72 Å². The maximum absolute atomic E-state index is 11.8. The van der Waals surface area contributed by atoms with Crippen molar-refractivity contribution in [1.82, 2.24) is 15.3 Å². The number of carboxylic acids is 1. The molecule has 0 fully saturated rings. The van der Waals surface area contributed by atoms with Gasteiger partial charge in [-0.3, -0.25) is 4.98 Å². The number of aryl methyl sites for hydroxylation is 3. The Morgan fingerprint density at radius 3 is 2.78 bits per heavy atom. The molecule has 0 spiro atoms. The monoisotopic (exact) mass is 440 g/mol. The van der Waals surface area contributed by atoms with Gasteiger partial charge in [-0.25, -0.2) is 14.6 Å². The molecule has 0 saturated heterocycles. The maximum atomic E-state index is 11.8. The van der Waals surface area contributed by atoms with Crippen molar-refractivity contribution in [2.24, 2.45) is 0 Å². The van der Waals surface area contributed by atoms with Crippen LogP contribution in [0.4, 0.5) is 10.6 Å². The van der Waals surface area contributed by atoms with Crippen LogP contribution in [0.1, 0.15) is 55.1 Å². The number of nitrogens with zero attached hydrogens (tertiary/aromatic N) is 2. The number of ether oxygens (including phenoxy) is 1. The average Bonchev–Trinajstić information content (AvgIpc) is 2.80. The van der Waals surface area contributed by atoms with E-state index < -0.39 is 18.1 Å². The van der Waals surface area contributed by atoms with E-state index in [0.29, 0.717) is 5.69 Å². The number of fused-ring (bicyclic) bond motifs is 1. The molecule has 2 aromatic heterocycles. The van der Waals surface area contributed by atoms with Gasteiger partial charge in [0.1, 0.15) is 11.9 Å². The van der Waals surface area contributed by atoms with Crippen molar-refractivity contribution >= 4 is 17.9 Å². The van der Waals surface area contributed by atoms with Gasteiger partial charge in [-0.15, -0.1) is 0 Å². The Morgan fingerprint density at radius 2 is 2.03 bits per heavy atom. The molecular weight excluding hydrogens is 408 g/mol. The van der Waals surface area contributed by atoms with Crippen LogP contribution in [0, 0.1) is 0 Å². The van der Waals surface area contributed by atoms with E-state index in [-0.39, 0.29) is 13.0 Å². The van der Waals surface area contributed by atoms with Crippen LogP contribution in [0.2, 0.25) is 0 Å². The highest BCUT2D eigenvalue weighted by Gasteiger charge is 2.21. The van der Waals surface area contributed by atoms with Crippen molar-refractivity contribution in [3.05, 3.63) is 53.0 Å². The van der Waals surface area contributed by atoms with Crippen LogP contribution < -0.4 is 10.6 Å². The van der Waals surface area contributed by atoms with E-state index in [1.54, 1.807) is 6.20 Å². The Kier molecular flexibility index (Phi) is 8.83. The summed E-state index contributed by atoms with van der Waals surface area (Å²) >= 11 is 0. The molecule has 0 radical (unpaired) electrons. The summed E-state index contributed by atoms with van der Waals surface area (Å²) in [6, 6.07) is 6.98. The number of hydrogen-bond donors (Lipinski definition) is 3. The molecule has 0 bridgehead atoms. The second-order valence-corrected chi connectivity index (χ2v) is 8.08. The van der Waals surface area contributed by atoms with Gasteiger partial charge in [-0.1, -0.05) is 25.5 Å². The number of carbonyl (C=O) groups excluding carboxylic acids is 1. The molecule has 8 heteroatoms. The number of aliphatic carboxylic acids is 1. The van der Waals surface area contributed by atoms with Crippen LogP contribution in [-0.4, -0.2) is 46.3 Å². The molecule has 3 N–H and O–H groups in total. The highest BCUT2D eigenvalue weighted by molar-refractivity contribution is 5.80. The first-order chi connectivity index (χ1) is 15.5. The zero-order valence-electron chi connectivity index (χ0n) is 18.6. The van der Waals surface area contributed by atoms with E-state index >= 15 is 0 Å².